The fourth-order valence-corrected chi connectivity index (χ4v) is 2.12. The summed E-state index contributed by atoms with van der Waals surface area (Å²) in [5.41, 5.74) is -0.321. The van der Waals surface area contributed by atoms with Gasteiger partial charge < -0.3 is 9.47 Å². The van der Waals surface area contributed by atoms with Gasteiger partial charge in [0.2, 0.25) is 0 Å². The van der Waals surface area contributed by atoms with Crippen LogP contribution in [-0.2, 0) is 9.47 Å². The quantitative estimate of drug-likeness (QED) is 0.513. The molecule has 0 saturated carbocycles. The summed E-state index contributed by atoms with van der Waals surface area (Å²) in [6, 6.07) is 0. The summed E-state index contributed by atoms with van der Waals surface area (Å²) >= 11 is 0. The van der Waals surface area contributed by atoms with Crippen LogP contribution >= 0.6 is 0 Å². The van der Waals surface area contributed by atoms with Crippen LogP contribution < -0.4 is 0 Å². The molecular formula is C6H13BO2Si. The van der Waals surface area contributed by atoms with E-state index in [0.717, 1.165) is 19.4 Å². The van der Waals surface area contributed by atoms with Crippen LogP contribution in [0.3, 0.4) is 0 Å². The topological polar surface area (TPSA) is 18.5 Å². The molecule has 0 aromatic heterocycles. The first-order valence-corrected chi connectivity index (χ1v) is 5.24. The third-order valence-corrected chi connectivity index (χ3v) is 3.47. The summed E-state index contributed by atoms with van der Waals surface area (Å²) in [5, 5.41) is 0. The molecule has 0 spiro atoms. The second-order valence-corrected chi connectivity index (χ2v) is 4.11. The van der Waals surface area contributed by atoms with Crippen molar-refractivity contribution in [3.05, 3.63) is 0 Å². The first-order chi connectivity index (χ1) is 4.83. The highest BCUT2D eigenvalue weighted by molar-refractivity contribution is 6.90. The van der Waals surface area contributed by atoms with Crippen LogP contribution in [0.15, 0.2) is 0 Å². The van der Waals surface area contributed by atoms with Gasteiger partial charge in [-0.25, -0.2) is 0 Å². The highest BCUT2D eigenvalue weighted by atomic mass is 28.2. The Bertz CT molecular complexity index is 97.9. The molecule has 0 bridgehead atoms. The summed E-state index contributed by atoms with van der Waals surface area (Å²) in [6.45, 7) is 0.818. The minimum absolute atomic E-state index is 0.321. The molecule has 1 heterocycles. The summed E-state index contributed by atoms with van der Waals surface area (Å²) < 4.78 is 10.7. The number of rotatable bonds is 2. The van der Waals surface area contributed by atoms with E-state index in [1.54, 1.807) is 7.11 Å². The van der Waals surface area contributed by atoms with Crippen molar-refractivity contribution >= 4 is 16.8 Å². The van der Waals surface area contributed by atoms with E-state index in [-0.39, 0.29) is 5.41 Å². The van der Waals surface area contributed by atoms with Crippen LogP contribution in [0.1, 0.15) is 19.3 Å². The molecule has 56 valence electrons. The largest absolute Gasteiger partial charge is 0.358 e. The van der Waals surface area contributed by atoms with Crippen molar-refractivity contribution < 1.29 is 9.47 Å². The Balaban J connectivity index is 2.44. The number of hydrogen-bond acceptors (Lipinski definition) is 2. The molecule has 0 aromatic rings. The zero-order valence-corrected chi connectivity index (χ0v) is 7.84. The van der Waals surface area contributed by atoms with Crippen molar-refractivity contribution in [2.24, 2.45) is 0 Å². The summed E-state index contributed by atoms with van der Waals surface area (Å²) in [5.74, 6) is 0. The molecule has 1 fully saturated rings. The molecule has 2 radical (unpaired) electrons. The van der Waals surface area contributed by atoms with Crippen molar-refractivity contribution in [3.63, 3.8) is 0 Å². The smallest absolute Gasteiger partial charge is 0.136 e. The van der Waals surface area contributed by atoms with Gasteiger partial charge in [-0.2, -0.15) is 0 Å². The average Bonchev–Trinajstić information content (AvgIpc) is 2.06. The number of hydrogen-bond donors (Lipinski definition) is 0. The molecular weight excluding hydrogens is 143 g/mol. The van der Waals surface area contributed by atoms with Gasteiger partial charge in [-0.3, -0.25) is 0 Å². The maximum Gasteiger partial charge on any atom is 0.136 e. The van der Waals surface area contributed by atoms with Gasteiger partial charge in [-0.15, -0.1) is 0 Å². The van der Waals surface area contributed by atoms with Gasteiger partial charge in [0, 0.05) is 23.1 Å². The van der Waals surface area contributed by atoms with Gasteiger partial charge in [-0.1, -0.05) is 0 Å². The Morgan fingerprint density at radius 2 is 2.40 bits per heavy atom. The van der Waals surface area contributed by atoms with E-state index in [9.17, 15) is 0 Å². The lowest BCUT2D eigenvalue weighted by Gasteiger charge is -2.35. The van der Waals surface area contributed by atoms with Crippen molar-refractivity contribution in [3.8, 4) is 0 Å². The maximum absolute atomic E-state index is 5.64. The van der Waals surface area contributed by atoms with Crippen LogP contribution in [0.4, 0.5) is 0 Å². The molecule has 1 unspecified atom stereocenters. The van der Waals surface area contributed by atoms with Crippen LogP contribution in [-0.4, -0.2) is 36.0 Å². The molecule has 2 nitrogen and oxygen atoms in total. The summed E-state index contributed by atoms with van der Waals surface area (Å²) in [7, 11) is 6.64. The Hall–Kier alpha value is 0.202. The maximum atomic E-state index is 5.64. The normalized spacial score (nSPS) is 35.3. The molecule has 0 amide bonds. The van der Waals surface area contributed by atoms with E-state index < -0.39 is 9.39 Å². The molecule has 1 aliphatic rings. The van der Waals surface area contributed by atoms with Crippen molar-refractivity contribution in [1.82, 2.24) is 0 Å². The predicted molar refractivity (Wildman–Crippen MR) is 43.8 cm³/mol. The fourth-order valence-electron chi connectivity index (χ4n) is 1.23. The van der Waals surface area contributed by atoms with Crippen molar-refractivity contribution in [1.29, 1.82) is 0 Å². The first kappa shape index (κ1) is 8.30. The lowest BCUT2D eigenvalue weighted by Crippen LogP contribution is -2.44. The van der Waals surface area contributed by atoms with Crippen LogP contribution in [0.2, 0.25) is 0 Å². The van der Waals surface area contributed by atoms with E-state index in [4.69, 9.17) is 16.9 Å². The van der Waals surface area contributed by atoms with Gasteiger partial charge in [-0.05, 0) is 19.3 Å². The SMILES string of the molecule is [B][SiH2]C1(OC)CCCCO1. The van der Waals surface area contributed by atoms with E-state index in [2.05, 4.69) is 0 Å². The Morgan fingerprint density at radius 3 is 2.70 bits per heavy atom. The second-order valence-electron chi connectivity index (χ2n) is 2.62. The van der Waals surface area contributed by atoms with Gasteiger partial charge in [0.05, 0.1) is 7.44 Å². The lowest BCUT2D eigenvalue weighted by molar-refractivity contribution is -0.183. The third kappa shape index (κ3) is 1.62. The molecule has 4 heteroatoms. The Kier molecular flexibility index (Phi) is 2.95. The van der Waals surface area contributed by atoms with Gasteiger partial charge in [0.15, 0.2) is 0 Å². The standard InChI is InChI=1S/C6H13BO2Si/c1-8-6(10-7)4-2-3-5-9-6/h2-5,10H2,1H3. The molecule has 0 aromatic carbocycles. The van der Waals surface area contributed by atoms with Gasteiger partial charge >= 0.3 is 0 Å². The average molecular weight is 156 g/mol. The summed E-state index contributed by atoms with van der Waals surface area (Å²) in [6.07, 6.45) is 3.34. The van der Waals surface area contributed by atoms with Gasteiger partial charge in [0.25, 0.3) is 0 Å². The minimum atomic E-state index is -0.683. The van der Waals surface area contributed by atoms with Crippen LogP contribution in [0.5, 0.6) is 0 Å². The molecule has 1 aliphatic heterocycles. The number of ether oxygens (including phenoxy) is 2. The second kappa shape index (κ2) is 3.55. The van der Waals surface area contributed by atoms with Gasteiger partial charge in [0.1, 0.15) is 5.41 Å². The zero-order valence-electron chi connectivity index (χ0n) is 6.43. The van der Waals surface area contributed by atoms with E-state index in [1.165, 1.54) is 6.42 Å². The molecule has 0 aliphatic carbocycles. The van der Waals surface area contributed by atoms with E-state index >= 15 is 0 Å². The summed E-state index contributed by atoms with van der Waals surface area (Å²) in [4.78, 5) is 0. The fraction of sp³-hybridized carbons (Fsp3) is 1.00. The van der Waals surface area contributed by atoms with E-state index in [1.807, 2.05) is 0 Å². The predicted octanol–water partition coefficient (Wildman–Crippen LogP) is -0.261. The first-order valence-electron chi connectivity index (χ1n) is 3.72. The lowest BCUT2D eigenvalue weighted by atomic mass is 10.2. The minimum Gasteiger partial charge on any atom is -0.358 e. The van der Waals surface area contributed by atoms with Crippen molar-refractivity contribution in [2.45, 2.75) is 24.7 Å². The Labute approximate surface area is 65.5 Å². The van der Waals surface area contributed by atoms with E-state index in [0.29, 0.717) is 0 Å². The van der Waals surface area contributed by atoms with Crippen LogP contribution in [0, 0.1) is 0 Å². The highest BCUT2D eigenvalue weighted by Crippen LogP contribution is 2.23. The number of methoxy groups -OCH3 is 1. The molecule has 1 rings (SSSR count). The molecule has 0 N–H and O–H groups in total. The Morgan fingerprint density at radius 1 is 1.60 bits per heavy atom. The zero-order chi connectivity index (χ0) is 7.45. The molecule has 10 heavy (non-hydrogen) atoms. The molecule has 1 atom stereocenters. The third-order valence-electron chi connectivity index (χ3n) is 2.00. The molecule has 1 saturated heterocycles. The highest BCUT2D eigenvalue weighted by Gasteiger charge is 2.29. The van der Waals surface area contributed by atoms with Crippen LogP contribution in [0.25, 0.3) is 0 Å². The van der Waals surface area contributed by atoms with Crippen molar-refractivity contribution in [2.75, 3.05) is 13.7 Å². The monoisotopic (exact) mass is 156 g/mol.